The van der Waals surface area contributed by atoms with E-state index in [1.165, 1.54) is 0 Å². The molecule has 1 amide bonds. The Morgan fingerprint density at radius 2 is 2.17 bits per heavy atom. The second-order valence-corrected chi connectivity index (χ2v) is 6.56. The van der Waals surface area contributed by atoms with Crippen LogP contribution in [0.4, 0.5) is 5.13 Å². The minimum absolute atomic E-state index is 0.158. The van der Waals surface area contributed by atoms with Gasteiger partial charge in [-0.05, 0) is 0 Å². The van der Waals surface area contributed by atoms with Crippen molar-refractivity contribution in [1.29, 1.82) is 0 Å². The summed E-state index contributed by atoms with van der Waals surface area (Å²) in [6, 6.07) is 0. The van der Waals surface area contributed by atoms with Gasteiger partial charge in [-0.15, -0.1) is 11.3 Å². The van der Waals surface area contributed by atoms with Crippen LogP contribution in [0, 0.1) is 0 Å². The van der Waals surface area contributed by atoms with Gasteiger partial charge in [0.25, 0.3) is 5.91 Å². The molecule has 0 aromatic carbocycles. The molecule has 0 atom stereocenters. The van der Waals surface area contributed by atoms with Crippen molar-refractivity contribution < 1.29 is 13.2 Å². The molecule has 0 bridgehead atoms. The number of thiazole rings is 1. The zero-order valence-corrected chi connectivity index (χ0v) is 11.5. The number of rotatable bonds is 3. The van der Waals surface area contributed by atoms with Crippen LogP contribution in [0.5, 0.6) is 0 Å². The van der Waals surface area contributed by atoms with Gasteiger partial charge in [-0.25, -0.2) is 13.4 Å². The number of amides is 1. The van der Waals surface area contributed by atoms with E-state index in [0.717, 1.165) is 30.7 Å². The molecule has 1 saturated heterocycles. The number of anilines is 1. The monoisotopic (exact) mass is 290 g/mol. The van der Waals surface area contributed by atoms with Gasteiger partial charge in [0.15, 0.2) is 5.13 Å². The van der Waals surface area contributed by atoms with E-state index in [0.29, 0.717) is 13.1 Å². The Morgan fingerprint density at radius 3 is 2.78 bits per heavy atom. The van der Waals surface area contributed by atoms with Gasteiger partial charge in [-0.2, -0.15) is 0 Å². The lowest BCUT2D eigenvalue weighted by atomic mass is 10.3. The van der Waals surface area contributed by atoms with Crippen molar-refractivity contribution in [2.45, 2.75) is 0 Å². The number of carbonyl (C=O) groups is 1. The summed E-state index contributed by atoms with van der Waals surface area (Å²) in [6.45, 7) is 2.82. The molecule has 0 unspecified atom stereocenters. The van der Waals surface area contributed by atoms with Crippen LogP contribution in [0.3, 0.4) is 0 Å². The summed E-state index contributed by atoms with van der Waals surface area (Å²) in [6.07, 6.45) is 1.05. The molecular weight excluding hydrogens is 276 g/mol. The Hall–Kier alpha value is -1.19. The molecule has 7 nitrogen and oxygen atoms in total. The molecule has 0 aliphatic carbocycles. The smallest absolute Gasteiger partial charge is 0.273 e. The molecule has 0 radical (unpaired) electrons. The lowest BCUT2D eigenvalue weighted by molar-refractivity contribution is 0.0731. The minimum Gasteiger partial charge on any atom is -0.335 e. The fourth-order valence-electron chi connectivity index (χ4n) is 1.61. The maximum absolute atomic E-state index is 12.0. The van der Waals surface area contributed by atoms with E-state index < -0.39 is 10.0 Å². The number of hydrogen-bond acceptors (Lipinski definition) is 6. The molecule has 18 heavy (non-hydrogen) atoms. The van der Waals surface area contributed by atoms with Crippen LogP contribution < -0.4 is 10.0 Å². The van der Waals surface area contributed by atoms with Gasteiger partial charge in [0.05, 0.1) is 6.26 Å². The zero-order valence-electron chi connectivity index (χ0n) is 9.84. The first-order valence-electron chi connectivity index (χ1n) is 5.39. The number of nitrogens with one attached hydrogen (secondary N) is 2. The molecule has 1 aromatic heterocycles. The summed E-state index contributed by atoms with van der Waals surface area (Å²) in [7, 11) is -3.35. The first-order valence-corrected chi connectivity index (χ1v) is 8.16. The SMILES string of the molecule is CS(=O)(=O)Nc1nc(C(=O)N2CCNCC2)cs1. The maximum Gasteiger partial charge on any atom is 0.273 e. The molecule has 1 aromatic rings. The molecule has 1 fully saturated rings. The molecule has 1 aliphatic heterocycles. The number of sulfonamides is 1. The first kappa shape index (κ1) is 13.2. The average Bonchev–Trinajstić information content (AvgIpc) is 2.75. The summed E-state index contributed by atoms with van der Waals surface area (Å²) in [5.41, 5.74) is 0.285. The van der Waals surface area contributed by atoms with E-state index in [2.05, 4.69) is 15.0 Å². The molecule has 2 N–H and O–H groups in total. The van der Waals surface area contributed by atoms with Gasteiger partial charge in [-0.3, -0.25) is 9.52 Å². The summed E-state index contributed by atoms with van der Waals surface area (Å²) in [5.74, 6) is -0.158. The van der Waals surface area contributed by atoms with Crippen LogP contribution in [-0.2, 0) is 10.0 Å². The van der Waals surface area contributed by atoms with Crippen molar-refractivity contribution in [2.24, 2.45) is 0 Å². The molecule has 1 aliphatic rings. The second kappa shape index (κ2) is 5.21. The van der Waals surface area contributed by atoms with E-state index in [-0.39, 0.29) is 16.7 Å². The highest BCUT2D eigenvalue weighted by molar-refractivity contribution is 7.92. The highest BCUT2D eigenvalue weighted by Crippen LogP contribution is 2.17. The average molecular weight is 290 g/mol. The molecule has 9 heteroatoms. The predicted octanol–water partition coefficient (Wildman–Crippen LogP) is -0.440. The normalized spacial score (nSPS) is 16.6. The Kier molecular flexibility index (Phi) is 3.83. The van der Waals surface area contributed by atoms with Gasteiger partial charge >= 0.3 is 0 Å². The van der Waals surface area contributed by atoms with Crippen molar-refractivity contribution in [3.63, 3.8) is 0 Å². The van der Waals surface area contributed by atoms with Crippen LogP contribution in [0.1, 0.15) is 10.5 Å². The Morgan fingerprint density at radius 1 is 1.50 bits per heavy atom. The first-order chi connectivity index (χ1) is 8.46. The van der Waals surface area contributed by atoms with Crippen molar-refractivity contribution in [1.82, 2.24) is 15.2 Å². The zero-order chi connectivity index (χ0) is 13.2. The topological polar surface area (TPSA) is 91.4 Å². The molecule has 0 spiro atoms. The number of nitrogens with zero attached hydrogens (tertiary/aromatic N) is 2. The van der Waals surface area contributed by atoms with Crippen molar-refractivity contribution >= 4 is 32.4 Å². The Bertz CT molecular complexity index is 534. The summed E-state index contributed by atoms with van der Waals surface area (Å²) >= 11 is 1.10. The third kappa shape index (κ3) is 3.40. The van der Waals surface area contributed by atoms with Gasteiger partial charge in [0, 0.05) is 31.6 Å². The highest BCUT2D eigenvalue weighted by Gasteiger charge is 2.20. The lowest BCUT2D eigenvalue weighted by Crippen LogP contribution is -2.46. The van der Waals surface area contributed by atoms with Crippen LogP contribution in [0.25, 0.3) is 0 Å². The second-order valence-electron chi connectivity index (χ2n) is 3.95. The molecule has 2 heterocycles. The van der Waals surface area contributed by atoms with E-state index in [9.17, 15) is 13.2 Å². The number of hydrogen-bond donors (Lipinski definition) is 2. The van der Waals surface area contributed by atoms with Crippen LogP contribution in [0.2, 0.25) is 0 Å². The van der Waals surface area contributed by atoms with Gasteiger partial charge in [0.2, 0.25) is 10.0 Å². The number of carbonyl (C=O) groups excluding carboxylic acids is 1. The summed E-state index contributed by atoms with van der Waals surface area (Å²) < 4.78 is 24.3. The Labute approximate surface area is 109 Å². The van der Waals surface area contributed by atoms with Crippen LogP contribution in [0.15, 0.2) is 5.38 Å². The van der Waals surface area contributed by atoms with Crippen LogP contribution in [-0.4, -0.2) is 56.6 Å². The summed E-state index contributed by atoms with van der Waals surface area (Å²) in [5, 5.41) is 4.94. The quantitative estimate of drug-likeness (QED) is 0.787. The van der Waals surface area contributed by atoms with E-state index in [1.807, 2.05) is 0 Å². The number of piperazine rings is 1. The largest absolute Gasteiger partial charge is 0.335 e. The third-order valence-corrected chi connectivity index (χ3v) is 3.85. The fourth-order valence-corrected chi connectivity index (χ4v) is 3.14. The van der Waals surface area contributed by atoms with Gasteiger partial charge in [0.1, 0.15) is 5.69 Å². The van der Waals surface area contributed by atoms with E-state index >= 15 is 0 Å². The highest BCUT2D eigenvalue weighted by atomic mass is 32.2. The van der Waals surface area contributed by atoms with Crippen molar-refractivity contribution in [3.8, 4) is 0 Å². The van der Waals surface area contributed by atoms with E-state index in [4.69, 9.17) is 0 Å². The molecule has 2 rings (SSSR count). The Balaban J connectivity index is 2.07. The minimum atomic E-state index is -3.35. The van der Waals surface area contributed by atoms with Gasteiger partial charge < -0.3 is 10.2 Å². The molecule has 100 valence electrons. The van der Waals surface area contributed by atoms with Gasteiger partial charge in [-0.1, -0.05) is 0 Å². The van der Waals surface area contributed by atoms with Crippen molar-refractivity contribution in [2.75, 3.05) is 37.2 Å². The van der Waals surface area contributed by atoms with Crippen LogP contribution >= 0.6 is 11.3 Å². The molecule has 0 saturated carbocycles. The molecular formula is C9H14N4O3S2. The number of aromatic nitrogens is 1. The standard InChI is InChI=1S/C9H14N4O3S2/c1-18(15,16)12-9-11-7(6-17-9)8(14)13-4-2-10-3-5-13/h6,10H,2-5H2,1H3,(H,11,12). The van der Waals surface area contributed by atoms with Crippen molar-refractivity contribution in [3.05, 3.63) is 11.1 Å². The lowest BCUT2D eigenvalue weighted by Gasteiger charge is -2.26. The summed E-state index contributed by atoms with van der Waals surface area (Å²) in [4.78, 5) is 17.7. The maximum atomic E-state index is 12.0. The third-order valence-electron chi connectivity index (χ3n) is 2.40. The fraction of sp³-hybridized carbons (Fsp3) is 0.556. The van der Waals surface area contributed by atoms with E-state index in [1.54, 1.807) is 10.3 Å². The predicted molar refractivity (Wildman–Crippen MR) is 69.4 cm³/mol.